The van der Waals surface area contributed by atoms with Crippen LogP contribution >= 0.6 is 0 Å². The van der Waals surface area contributed by atoms with Gasteiger partial charge in [-0.25, -0.2) is 4.98 Å². The van der Waals surface area contributed by atoms with E-state index >= 15 is 0 Å². The Kier molecular flexibility index (Phi) is 9.41. The lowest BCUT2D eigenvalue weighted by atomic mass is 9.88. The van der Waals surface area contributed by atoms with Crippen molar-refractivity contribution in [1.29, 1.82) is 0 Å². The van der Waals surface area contributed by atoms with Crippen LogP contribution in [-0.2, 0) is 11.2 Å². The molecule has 1 aliphatic carbocycles. The number of hydrogen-bond acceptors (Lipinski definition) is 5. The molecular weight excluding hydrogens is 478 g/mol. The Morgan fingerprint density at radius 1 is 1.24 bits per heavy atom. The lowest BCUT2D eigenvalue weighted by Gasteiger charge is -2.38. The second-order valence-electron chi connectivity index (χ2n) is 10.7. The summed E-state index contributed by atoms with van der Waals surface area (Å²) in [4.78, 5) is 34.7. The van der Waals surface area contributed by atoms with Crippen LogP contribution in [0.15, 0.2) is 42.6 Å². The maximum absolute atomic E-state index is 13.6. The highest BCUT2D eigenvalue weighted by Crippen LogP contribution is 2.29. The van der Waals surface area contributed by atoms with Crippen molar-refractivity contribution in [1.82, 2.24) is 14.8 Å². The van der Waals surface area contributed by atoms with Gasteiger partial charge in [-0.1, -0.05) is 68.4 Å². The van der Waals surface area contributed by atoms with E-state index in [2.05, 4.69) is 16.8 Å². The van der Waals surface area contributed by atoms with Crippen LogP contribution < -0.4 is 4.74 Å². The molecular formula is C31H39N3O4. The summed E-state index contributed by atoms with van der Waals surface area (Å²) in [7, 11) is 1.84. The SMILES string of the molecule is C[C@@H]1CN([C@@H](C)CO)C(=O)c2cc(C#CCc3ccccc3)cnc2O[C@H]1CN(C)C(=O)C1CCCCC1. The van der Waals surface area contributed by atoms with Crippen LogP contribution in [0.2, 0.25) is 0 Å². The number of carbonyl (C=O) groups excluding carboxylic acids is 2. The monoisotopic (exact) mass is 517 g/mol. The normalized spacial score (nSPS) is 20.7. The van der Waals surface area contributed by atoms with Crippen molar-refractivity contribution in [2.24, 2.45) is 11.8 Å². The zero-order valence-electron chi connectivity index (χ0n) is 22.7. The number of benzene rings is 1. The van der Waals surface area contributed by atoms with Gasteiger partial charge >= 0.3 is 0 Å². The van der Waals surface area contributed by atoms with Crippen molar-refractivity contribution < 1.29 is 19.4 Å². The molecule has 7 heteroatoms. The van der Waals surface area contributed by atoms with Crippen LogP contribution in [0.1, 0.15) is 67.4 Å². The summed E-state index contributed by atoms with van der Waals surface area (Å²) >= 11 is 0. The van der Waals surface area contributed by atoms with Gasteiger partial charge in [-0.05, 0) is 31.4 Å². The first kappa shape index (κ1) is 27.7. The molecule has 0 radical (unpaired) electrons. The van der Waals surface area contributed by atoms with Gasteiger partial charge in [0.05, 0.1) is 19.2 Å². The molecule has 1 aliphatic heterocycles. The van der Waals surface area contributed by atoms with E-state index in [-0.39, 0.29) is 48.3 Å². The number of hydrogen-bond donors (Lipinski definition) is 1. The van der Waals surface area contributed by atoms with Crippen molar-refractivity contribution in [2.45, 2.75) is 64.5 Å². The summed E-state index contributed by atoms with van der Waals surface area (Å²) in [5.41, 5.74) is 2.07. The molecule has 0 saturated heterocycles. The zero-order valence-corrected chi connectivity index (χ0v) is 22.7. The number of aliphatic hydroxyl groups excluding tert-OH is 1. The van der Waals surface area contributed by atoms with E-state index < -0.39 is 0 Å². The third-order valence-electron chi connectivity index (χ3n) is 7.67. The predicted molar refractivity (Wildman–Crippen MR) is 147 cm³/mol. The number of carbonyl (C=O) groups is 2. The first-order chi connectivity index (χ1) is 18.4. The fourth-order valence-electron chi connectivity index (χ4n) is 5.25. The lowest BCUT2D eigenvalue weighted by molar-refractivity contribution is -0.136. The van der Waals surface area contributed by atoms with Gasteiger partial charge in [0, 0.05) is 43.6 Å². The van der Waals surface area contributed by atoms with Crippen LogP contribution in [0, 0.1) is 23.7 Å². The minimum Gasteiger partial charge on any atom is -0.472 e. The Morgan fingerprint density at radius 3 is 2.68 bits per heavy atom. The molecule has 2 heterocycles. The quantitative estimate of drug-likeness (QED) is 0.587. The smallest absolute Gasteiger partial charge is 0.259 e. The van der Waals surface area contributed by atoms with Gasteiger partial charge in [-0.2, -0.15) is 0 Å². The molecule has 4 rings (SSSR count). The Hall–Kier alpha value is -3.37. The van der Waals surface area contributed by atoms with Crippen molar-refractivity contribution in [2.75, 3.05) is 26.7 Å². The molecule has 1 aromatic carbocycles. The highest BCUT2D eigenvalue weighted by molar-refractivity contribution is 5.97. The average molecular weight is 518 g/mol. The predicted octanol–water partition coefficient (Wildman–Crippen LogP) is 3.93. The summed E-state index contributed by atoms with van der Waals surface area (Å²) in [6, 6.07) is 11.3. The third-order valence-corrected chi connectivity index (χ3v) is 7.67. The maximum Gasteiger partial charge on any atom is 0.259 e. The van der Waals surface area contributed by atoms with Crippen molar-refractivity contribution in [3.05, 3.63) is 59.3 Å². The molecule has 2 aliphatic rings. The molecule has 202 valence electrons. The second kappa shape index (κ2) is 12.9. The molecule has 1 aromatic heterocycles. The molecule has 1 fully saturated rings. The maximum atomic E-state index is 13.6. The molecule has 1 saturated carbocycles. The number of aromatic nitrogens is 1. The summed E-state index contributed by atoms with van der Waals surface area (Å²) < 4.78 is 6.36. The minimum atomic E-state index is -0.369. The standard InChI is InChI=1S/C31H39N3O4/c1-22-19-34(23(2)21-35)31(37)27-17-25(14-10-13-24-11-6-4-7-12-24)18-32-29(27)38-28(22)20-33(3)30(36)26-15-8-5-9-16-26/h4,6-7,11-12,17-18,22-23,26,28,35H,5,8-9,13,15-16,19-21H2,1-3H3/t22-,23+,28+/m1/s1. The second-order valence-corrected chi connectivity index (χ2v) is 10.7. The molecule has 0 bridgehead atoms. The molecule has 38 heavy (non-hydrogen) atoms. The van der Waals surface area contributed by atoms with Gasteiger partial charge in [0.2, 0.25) is 11.8 Å². The van der Waals surface area contributed by atoms with Crippen molar-refractivity contribution in [3.8, 4) is 17.7 Å². The van der Waals surface area contributed by atoms with Gasteiger partial charge < -0.3 is 19.6 Å². The lowest BCUT2D eigenvalue weighted by Crippen LogP contribution is -2.51. The third kappa shape index (κ3) is 6.73. The molecule has 1 N–H and O–H groups in total. The molecule has 0 spiro atoms. The fourth-order valence-corrected chi connectivity index (χ4v) is 5.25. The highest BCUT2D eigenvalue weighted by atomic mass is 16.5. The van der Waals surface area contributed by atoms with E-state index in [1.165, 1.54) is 6.42 Å². The zero-order chi connectivity index (χ0) is 27.1. The minimum absolute atomic E-state index is 0.0742. The van der Waals surface area contributed by atoms with Crippen LogP contribution in [0.5, 0.6) is 5.88 Å². The van der Waals surface area contributed by atoms with E-state index in [1.807, 2.05) is 51.2 Å². The van der Waals surface area contributed by atoms with Crippen LogP contribution in [0.4, 0.5) is 0 Å². The number of likely N-dealkylation sites (N-methyl/N-ethyl adjacent to an activating group) is 1. The number of fused-ring (bicyclic) bond motifs is 1. The number of ether oxygens (including phenoxy) is 1. The highest BCUT2D eigenvalue weighted by Gasteiger charge is 2.35. The van der Waals surface area contributed by atoms with E-state index in [0.717, 1.165) is 31.2 Å². The van der Waals surface area contributed by atoms with E-state index in [1.54, 1.807) is 22.1 Å². The first-order valence-electron chi connectivity index (χ1n) is 13.7. The first-order valence-corrected chi connectivity index (χ1v) is 13.7. The number of rotatable bonds is 6. The van der Waals surface area contributed by atoms with Crippen molar-refractivity contribution in [3.63, 3.8) is 0 Å². The van der Waals surface area contributed by atoms with E-state index in [9.17, 15) is 14.7 Å². The van der Waals surface area contributed by atoms with Gasteiger partial charge in [-0.3, -0.25) is 9.59 Å². The summed E-state index contributed by atoms with van der Waals surface area (Å²) in [6.07, 6.45) is 7.16. The Labute approximate surface area is 226 Å². The summed E-state index contributed by atoms with van der Waals surface area (Å²) in [5, 5.41) is 9.89. The largest absolute Gasteiger partial charge is 0.472 e. The summed E-state index contributed by atoms with van der Waals surface area (Å²) in [6.45, 7) is 4.51. The van der Waals surface area contributed by atoms with E-state index in [0.29, 0.717) is 30.6 Å². The summed E-state index contributed by atoms with van der Waals surface area (Å²) in [5.74, 6) is 6.45. The van der Waals surface area contributed by atoms with Crippen LogP contribution in [0.3, 0.4) is 0 Å². The van der Waals surface area contributed by atoms with Gasteiger partial charge in [-0.15, -0.1) is 0 Å². The number of pyridine rings is 1. The van der Waals surface area contributed by atoms with Crippen LogP contribution in [0.25, 0.3) is 0 Å². The van der Waals surface area contributed by atoms with Gasteiger partial charge in [0.1, 0.15) is 11.7 Å². The Morgan fingerprint density at radius 2 is 1.97 bits per heavy atom. The van der Waals surface area contributed by atoms with Crippen molar-refractivity contribution >= 4 is 11.8 Å². The van der Waals surface area contributed by atoms with Gasteiger partial charge in [0.15, 0.2) is 0 Å². The molecule has 2 aromatic rings. The Bertz CT molecular complexity index is 1170. The fraction of sp³-hybridized carbons (Fsp3) is 0.516. The van der Waals surface area contributed by atoms with E-state index in [4.69, 9.17) is 4.74 Å². The topological polar surface area (TPSA) is 83.0 Å². The number of nitrogens with zero attached hydrogens (tertiary/aromatic N) is 3. The average Bonchev–Trinajstić information content (AvgIpc) is 2.95. The molecule has 2 amide bonds. The van der Waals surface area contributed by atoms with Gasteiger partial charge in [0.25, 0.3) is 5.91 Å². The number of amides is 2. The molecule has 3 atom stereocenters. The molecule has 0 unspecified atom stereocenters. The number of aliphatic hydroxyl groups is 1. The Balaban J connectivity index is 1.58. The molecule has 7 nitrogen and oxygen atoms in total. The van der Waals surface area contributed by atoms with Crippen LogP contribution in [-0.4, -0.2) is 70.6 Å².